The highest BCUT2D eigenvalue weighted by Gasteiger charge is 2.47. The topological polar surface area (TPSA) is 0 Å². The molecular formula is C26H22. The maximum Gasteiger partial charge on any atom is 0.0710 e. The highest BCUT2D eigenvalue weighted by molar-refractivity contribution is 5.87. The SMILES string of the molecule is C1=CCC=CC(C2(C3=CCCC=C3)c3ccccc3-c3ccccc32)=C1. The van der Waals surface area contributed by atoms with E-state index in [1.54, 1.807) is 0 Å². The smallest absolute Gasteiger partial charge is 0.0710 e. The quantitative estimate of drug-likeness (QED) is 0.575. The van der Waals surface area contributed by atoms with Crippen molar-refractivity contribution in [2.75, 3.05) is 0 Å². The number of benzene rings is 2. The zero-order valence-corrected chi connectivity index (χ0v) is 14.9. The third-order valence-electron chi connectivity index (χ3n) is 5.79. The number of hydrogen-bond acceptors (Lipinski definition) is 0. The van der Waals surface area contributed by atoms with E-state index in [-0.39, 0.29) is 5.41 Å². The minimum Gasteiger partial charge on any atom is -0.0839 e. The molecule has 0 atom stereocenters. The summed E-state index contributed by atoms with van der Waals surface area (Å²) < 4.78 is 0. The molecule has 3 aliphatic rings. The Morgan fingerprint density at radius 2 is 1.35 bits per heavy atom. The molecule has 0 N–H and O–H groups in total. The molecule has 3 aliphatic carbocycles. The highest BCUT2D eigenvalue weighted by Crippen LogP contribution is 2.57. The van der Waals surface area contributed by atoms with Gasteiger partial charge in [0, 0.05) is 0 Å². The molecular weight excluding hydrogens is 312 g/mol. The molecule has 5 rings (SSSR count). The van der Waals surface area contributed by atoms with Crippen LogP contribution in [0.5, 0.6) is 0 Å². The van der Waals surface area contributed by atoms with E-state index in [4.69, 9.17) is 0 Å². The second-order valence-corrected chi connectivity index (χ2v) is 7.17. The van der Waals surface area contributed by atoms with Crippen LogP contribution in [-0.2, 0) is 5.41 Å². The molecule has 0 saturated heterocycles. The van der Waals surface area contributed by atoms with Crippen LogP contribution in [0, 0.1) is 0 Å². The normalized spacial score (nSPS) is 19.4. The first-order valence-corrected chi connectivity index (χ1v) is 9.53. The Morgan fingerprint density at radius 3 is 2.04 bits per heavy atom. The fourth-order valence-electron chi connectivity index (χ4n) is 4.74. The molecule has 0 unspecified atom stereocenters. The third-order valence-corrected chi connectivity index (χ3v) is 5.79. The van der Waals surface area contributed by atoms with E-state index in [0.717, 1.165) is 19.3 Å². The van der Waals surface area contributed by atoms with E-state index >= 15 is 0 Å². The van der Waals surface area contributed by atoms with E-state index in [1.807, 2.05) is 0 Å². The second kappa shape index (κ2) is 6.14. The predicted molar refractivity (Wildman–Crippen MR) is 110 cm³/mol. The summed E-state index contributed by atoms with van der Waals surface area (Å²) in [5.74, 6) is 0. The van der Waals surface area contributed by atoms with Crippen molar-refractivity contribution >= 4 is 0 Å². The van der Waals surface area contributed by atoms with Crippen molar-refractivity contribution in [2.45, 2.75) is 24.7 Å². The molecule has 2 aromatic rings. The zero-order chi connectivity index (χ0) is 17.4. The summed E-state index contributed by atoms with van der Waals surface area (Å²) in [4.78, 5) is 0. The maximum atomic E-state index is 2.45. The molecule has 0 nitrogen and oxygen atoms in total. The van der Waals surface area contributed by atoms with Gasteiger partial charge in [-0.1, -0.05) is 97.1 Å². The van der Waals surface area contributed by atoms with Gasteiger partial charge in [-0.25, -0.2) is 0 Å². The van der Waals surface area contributed by atoms with Crippen LogP contribution in [0.4, 0.5) is 0 Å². The van der Waals surface area contributed by atoms with Gasteiger partial charge in [-0.15, -0.1) is 0 Å². The Kier molecular flexibility index (Phi) is 3.64. The van der Waals surface area contributed by atoms with Crippen LogP contribution in [0.1, 0.15) is 30.4 Å². The third kappa shape index (κ3) is 2.08. The highest BCUT2D eigenvalue weighted by atomic mass is 14.5. The van der Waals surface area contributed by atoms with Crippen molar-refractivity contribution in [3.63, 3.8) is 0 Å². The first kappa shape index (κ1) is 15.4. The summed E-state index contributed by atoms with van der Waals surface area (Å²) in [6, 6.07) is 17.9. The largest absolute Gasteiger partial charge is 0.0839 e. The summed E-state index contributed by atoms with van der Waals surface area (Å²) in [5, 5.41) is 0. The van der Waals surface area contributed by atoms with Crippen molar-refractivity contribution in [1.82, 2.24) is 0 Å². The standard InChI is InChI=1S/C26H22/c1-2-5-13-20(12-4-1)26(21-14-6-3-7-15-21)24-18-10-8-16-22(24)23-17-9-11-19-25(23)26/h1,4-6,8-19H,2-3,7H2. The molecule has 0 radical (unpaired) electrons. The molecule has 0 saturated carbocycles. The van der Waals surface area contributed by atoms with Gasteiger partial charge in [0.2, 0.25) is 0 Å². The maximum absolute atomic E-state index is 2.45. The van der Waals surface area contributed by atoms with Gasteiger partial charge in [-0.3, -0.25) is 0 Å². The number of rotatable bonds is 2. The summed E-state index contributed by atoms with van der Waals surface area (Å²) >= 11 is 0. The molecule has 0 heterocycles. The number of hydrogen-bond donors (Lipinski definition) is 0. The Hall–Kier alpha value is -2.86. The van der Waals surface area contributed by atoms with E-state index in [2.05, 4.69) is 97.1 Å². The van der Waals surface area contributed by atoms with Gasteiger partial charge < -0.3 is 0 Å². The summed E-state index contributed by atoms with van der Waals surface area (Å²) in [6.45, 7) is 0. The van der Waals surface area contributed by atoms with E-state index in [9.17, 15) is 0 Å². The number of fused-ring (bicyclic) bond motifs is 3. The van der Waals surface area contributed by atoms with Crippen LogP contribution in [0.15, 0.2) is 108 Å². The summed E-state index contributed by atoms with van der Waals surface area (Å²) in [5.41, 5.74) is 8.11. The van der Waals surface area contributed by atoms with Crippen molar-refractivity contribution < 1.29 is 0 Å². The van der Waals surface area contributed by atoms with E-state index in [0.29, 0.717) is 0 Å². The first-order chi connectivity index (χ1) is 12.9. The lowest BCUT2D eigenvalue weighted by atomic mass is 9.65. The van der Waals surface area contributed by atoms with E-state index < -0.39 is 0 Å². The van der Waals surface area contributed by atoms with Crippen LogP contribution < -0.4 is 0 Å². The zero-order valence-electron chi connectivity index (χ0n) is 14.9. The summed E-state index contributed by atoms with van der Waals surface area (Å²) in [6.07, 6.45) is 21.8. The molecule has 0 aromatic heterocycles. The van der Waals surface area contributed by atoms with Crippen LogP contribution in [0.25, 0.3) is 11.1 Å². The lowest BCUT2D eigenvalue weighted by Crippen LogP contribution is -2.30. The average Bonchev–Trinajstić information content (AvgIpc) is 2.84. The van der Waals surface area contributed by atoms with Crippen LogP contribution in [0.2, 0.25) is 0 Å². The van der Waals surface area contributed by atoms with E-state index in [1.165, 1.54) is 33.4 Å². The van der Waals surface area contributed by atoms with Crippen molar-refractivity contribution in [1.29, 1.82) is 0 Å². The number of allylic oxidation sites excluding steroid dienone is 10. The Bertz CT molecular complexity index is 962. The fraction of sp³-hybridized carbons (Fsp3) is 0.154. The van der Waals surface area contributed by atoms with Crippen LogP contribution in [-0.4, -0.2) is 0 Å². The van der Waals surface area contributed by atoms with Gasteiger partial charge in [-0.2, -0.15) is 0 Å². The van der Waals surface area contributed by atoms with Crippen molar-refractivity contribution in [3.8, 4) is 11.1 Å². The molecule has 0 spiro atoms. The Labute approximate surface area is 155 Å². The van der Waals surface area contributed by atoms with Gasteiger partial charge >= 0.3 is 0 Å². The molecule has 0 amide bonds. The Morgan fingerprint density at radius 1 is 0.654 bits per heavy atom. The molecule has 0 heteroatoms. The molecule has 26 heavy (non-hydrogen) atoms. The van der Waals surface area contributed by atoms with Gasteiger partial charge in [0.1, 0.15) is 0 Å². The van der Waals surface area contributed by atoms with Crippen molar-refractivity contribution in [2.24, 2.45) is 0 Å². The average molecular weight is 334 g/mol. The molecule has 126 valence electrons. The predicted octanol–water partition coefficient (Wildman–Crippen LogP) is 6.67. The second-order valence-electron chi connectivity index (χ2n) is 7.17. The van der Waals surface area contributed by atoms with Gasteiger partial charge in [-0.05, 0) is 52.7 Å². The lowest BCUT2D eigenvalue weighted by molar-refractivity contribution is 0.750. The van der Waals surface area contributed by atoms with Gasteiger partial charge in [0.25, 0.3) is 0 Å². The molecule has 0 fully saturated rings. The lowest BCUT2D eigenvalue weighted by Gasteiger charge is -2.36. The minimum atomic E-state index is -0.213. The van der Waals surface area contributed by atoms with Gasteiger partial charge in [0.05, 0.1) is 5.41 Å². The van der Waals surface area contributed by atoms with Crippen molar-refractivity contribution in [3.05, 3.63) is 119 Å². The molecule has 0 aliphatic heterocycles. The fourth-order valence-corrected chi connectivity index (χ4v) is 4.74. The van der Waals surface area contributed by atoms with Gasteiger partial charge in [0.15, 0.2) is 0 Å². The molecule has 0 bridgehead atoms. The molecule has 2 aromatic carbocycles. The monoisotopic (exact) mass is 334 g/mol. The minimum absolute atomic E-state index is 0.213. The van der Waals surface area contributed by atoms with Crippen LogP contribution >= 0.6 is 0 Å². The first-order valence-electron chi connectivity index (χ1n) is 9.53. The summed E-state index contributed by atoms with van der Waals surface area (Å²) in [7, 11) is 0. The van der Waals surface area contributed by atoms with Crippen LogP contribution in [0.3, 0.4) is 0 Å². The Balaban J connectivity index is 1.91.